The normalized spacial score (nSPS) is 10.8. The molecule has 0 spiro atoms. The van der Waals surface area contributed by atoms with E-state index >= 15 is 0 Å². The van der Waals surface area contributed by atoms with E-state index in [1.807, 2.05) is 19.9 Å². The quantitative estimate of drug-likeness (QED) is 0.399. The van der Waals surface area contributed by atoms with Crippen LogP contribution in [0.3, 0.4) is 0 Å². The van der Waals surface area contributed by atoms with Crippen LogP contribution >= 0.6 is 0 Å². The monoisotopic (exact) mass is 384 g/mol. The van der Waals surface area contributed by atoms with Gasteiger partial charge in [0.1, 0.15) is 28.7 Å². The van der Waals surface area contributed by atoms with E-state index in [0.29, 0.717) is 17.5 Å². The van der Waals surface area contributed by atoms with Gasteiger partial charge in [-0.25, -0.2) is 0 Å². The Morgan fingerprint density at radius 3 is 2.43 bits per heavy atom. The number of hydrogen-bond acceptors (Lipinski definition) is 7. The van der Waals surface area contributed by atoms with Crippen molar-refractivity contribution < 1.29 is 29.6 Å². The van der Waals surface area contributed by atoms with Gasteiger partial charge in [0, 0.05) is 17.7 Å². The second-order valence-corrected chi connectivity index (χ2v) is 6.61. The van der Waals surface area contributed by atoms with Crippen molar-refractivity contribution in [3.8, 4) is 39.9 Å². The Hall–Kier alpha value is -3.61. The molecule has 0 aliphatic carbocycles. The summed E-state index contributed by atoms with van der Waals surface area (Å²) < 4.78 is 10.7. The molecule has 7 heteroatoms. The van der Waals surface area contributed by atoms with Gasteiger partial charge in [-0.2, -0.15) is 0 Å². The molecule has 0 aliphatic rings. The minimum absolute atomic E-state index is 0.0204. The van der Waals surface area contributed by atoms with Crippen LogP contribution in [-0.4, -0.2) is 27.5 Å². The molecule has 0 aliphatic heterocycles. The number of ether oxygens (including phenoxy) is 1. The fourth-order valence-electron chi connectivity index (χ4n) is 3.05. The molecule has 7 nitrogen and oxygen atoms in total. The molecule has 0 fully saturated rings. The van der Waals surface area contributed by atoms with Crippen molar-refractivity contribution in [1.29, 1.82) is 0 Å². The van der Waals surface area contributed by atoms with Gasteiger partial charge in [-0.1, -0.05) is 11.6 Å². The molecular weight excluding hydrogens is 364 g/mol. The van der Waals surface area contributed by atoms with Crippen molar-refractivity contribution in [2.45, 2.75) is 20.3 Å². The molecule has 0 saturated carbocycles. The molecule has 0 radical (unpaired) electrons. The Bertz CT molecular complexity index is 1150. The van der Waals surface area contributed by atoms with Crippen LogP contribution in [0.5, 0.6) is 28.7 Å². The molecule has 146 valence electrons. The van der Waals surface area contributed by atoms with E-state index < -0.39 is 22.7 Å². The van der Waals surface area contributed by atoms with Crippen LogP contribution in [0.1, 0.15) is 19.4 Å². The molecule has 0 bridgehead atoms. The van der Waals surface area contributed by atoms with Gasteiger partial charge in [0.05, 0.1) is 12.7 Å². The third-order valence-corrected chi connectivity index (χ3v) is 4.39. The van der Waals surface area contributed by atoms with Gasteiger partial charge in [-0.05, 0) is 31.9 Å². The maximum Gasteiger partial charge on any atom is 0.204 e. The topological polar surface area (TPSA) is 120 Å². The van der Waals surface area contributed by atoms with Crippen molar-refractivity contribution in [2.24, 2.45) is 0 Å². The zero-order valence-electron chi connectivity index (χ0n) is 15.6. The summed E-state index contributed by atoms with van der Waals surface area (Å²) in [5, 5.41) is 39.9. The molecule has 28 heavy (non-hydrogen) atoms. The number of allylic oxidation sites excluding steroid dienone is 2. The zero-order valence-corrected chi connectivity index (χ0v) is 15.6. The summed E-state index contributed by atoms with van der Waals surface area (Å²) in [6.07, 6.45) is 3.39. The maximum atomic E-state index is 13.0. The standard InChI is InChI=1S/C21H20O7/c1-10(2)4-5-12-13(8-16(24)20(26)21(12)27-3)14-9-28-17-7-11(22)6-15(23)18(17)19(14)25/h4,6-9,22-24,26H,5H2,1-3H3. The molecule has 1 aromatic heterocycles. The molecule has 3 rings (SSSR count). The molecule has 3 aromatic rings. The third-order valence-electron chi connectivity index (χ3n) is 4.39. The van der Waals surface area contributed by atoms with Crippen LogP contribution in [0.25, 0.3) is 22.1 Å². The molecule has 0 atom stereocenters. The largest absolute Gasteiger partial charge is 0.508 e. The van der Waals surface area contributed by atoms with Gasteiger partial charge in [-0.15, -0.1) is 0 Å². The Kier molecular flexibility index (Phi) is 4.92. The highest BCUT2D eigenvalue weighted by atomic mass is 16.5. The lowest BCUT2D eigenvalue weighted by molar-refractivity contribution is 0.348. The summed E-state index contributed by atoms with van der Waals surface area (Å²) in [6, 6.07) is 3.52. The van der Waals surface area contributed by atoms with Crippen molar-refractivity contribution in [3.05, 3.63) is 51.9 Å². The number of aromatic hydroxyl groups is 4. The lowest BCUT2D eigenvalue weighted by Crippen LogP contribution is -2.07. The predicted octanol–water partition coefficient (Wildman–Crippen LogP) is 3.80. The number of rotatable bonds is 4. The highest BCUT2D eigenvalue weighted by molar-refractivity contribution is 5.89. The van der Waals surface area contributed by atoms with Crippen LogP contribution in [0.2, 0.25) is 0 Å². The third kappa shape index (κ3) is 3.22. The van der Waals surface area contributed by atoms with E-state index in [4.69, 9.17) is 9.15 Å². The Morgan fingerprint density at radius 1 is 1.07 bits per heavy atom. The van der Waals surface area contributed by atoms with E-state index in [1.54, 1.807) is 0 Å². The Balaban J connectivity index is 2.37. The molecule has 4 N–H and O–H groups in total. The summed E-state index contributed by atoms with van der Waals surface area (Å²) >= 11 is 0. The Labute approximate surface area is 160 Å². The molecule has 2 aromatic carbocycles. The summed E-state index contributed by atoms with van der Waals surface area (Å²) in [5.74, 6) is -1.51. The number of methoxy groups -OCH3 is 1. The summed E-state index contributed by atoms with van der Waals surface area (Å²) in [7, 11) is 1.35. The average Bonchev–Trinajstić information content (AvgIpc) is 2.62. The fraction of sp³-hybridized carbons (Fsp3) is 0.190. The number of phenolic OH excluding ortho intramolecular Hbond substituents is 4. The number of fused-ring (bicyclic) bond motifs is 1. The lowest BCUT2D eigenvalue weighted by Gasteiger charge is -2.16. The van der Waals surface area contributed by atoms with Gasteiger partial charge in [0.25, 0.3) is 0 Å². The first-order valence-corrected chi connectivity index (χ1v) is 8.47. The van der Waals surface area contributed by atoms with E-state index in [1.165, 1.54) is 25.5 Å². The van der Waals surface area contributed by atoms with E-state index in [-0.39, 0.29) is 28.0 Å². The first-order valence-electron chi connectivity index (χ1n) is 8.47. The SMILES string of the molecule is COc1c(O)c(O)cc(-c2coc3cc(O)cc(O)c3c2=O)c1CC=C(C)C. The summed E-state index contributed by atoms with van der Waals surface area (Å²) in [6.45, 7) is 3.81. The average molecular weight is 384 g/mol. The second kappa shape index (κ2) is 7.19. The molecular formula is C21H20O7. The predicted molar refractivity (Wildman–Crippen MR) is 104 cm³/mol. The lowest BCUT2D eigenvalue weighted by atomic mass is 9.95. The van der Waals surface area contributed by atoms with Gasteiger partial charge < -0.3 is 29.6 Å². The minimum Gasteiger partial charge on any atom is -0.508 e. The van der Waals surface area contributed by atoms with Crippen molar-refractivity contribution in [1.82, 2.24) is 0 Å². The molecule has 1 heterocycles. The van der Waals surface area contributed by atoms with Gasteiger partial charge in [0.15, 0.2) is 11.5 Å². The number of hydrogen-bond donors (Lipinski definition) is 4. The van der Waals surface area contributed by atoms with E-state index in [2.05, 4.69) is 0 Å². The zero-order chi connectivity index (χ0) is 20.6. The Morgan fingerprint density at radius 2 is 1.79 bits per heavy atom. The number of phenols is 4. The first-order chi connectivity index (χ1) is 13.2. The van der Waals surface area contributed by atoms with Crippen LogP contribution in [0.4, 0.5) is 0 Å². The molecule has 0 amide bonds. The minimum atomic E-state index is -0.552. The molecule has 0 unspecified atom stereocenters. The summed E-state index contributed by atoms with van der Waals surface area (Å²) in [5.41, 5.74) is 1.33. The smallest absolute Gasteiger partial charge is 0.204 e. The van der Waals surface area contributed by atoms with Gasteiger partial charge in [0.2, 0.25) is 11.2 Å². The van der Waals surface area contributed by atoms with E-state index in [9.17, 15) is 25.2 Å². The van der Waals surface area contributed by atoms with Gasteiger partial charge in [-0.3, -0.25) is 4.79 Å². The van der Waals surface area contributed by atoms with Crippen LogP contribution < -0.4 is 10.2 Å². The first kappa shape index (κ1) is 19.2. The van der Waals surface area contributed by atoms with Gasteiger partial charge >= 0.3 is 0 Å². The van der Waals surface area contributed by atoms with Crippen molar-refractivity contribution in [2.75, 3.05) is 7.11 Å². The van der Waals surface area contributed by atoms with Crippen LogP contribution in [0, 0.1) is 0 Å². The molecule has 0 saturated heterocycles. The fourth-order valence-corrected chi connectivity index (χ4v) is 3.05. The van der Waals surface area contributed by atoms with E-state index in [0.717, 1.165) is 11.6 Å². The number of benzene rings is 2. The second-order valence-electron chi connectivity index (χ2n) is 6.61. The van der Waals surface area contributed by atoms with Crippen LogP contribution in [0.15, 0.2) is 45.3 Å². The highest BCUT2D eigenvalue weighted by Gasteiger charge is 2.22. The summed E-state index contributed by atoms with van der Waals surface area (Å²) in [4.78, 5) is 13.0. The van der Waals surface area contributed by atoms with Crippen LogP contribution in [-0.2, 0) is 6.42 Å². The maximum absolute atomic E-state index is 13.0. The van der Waals surface area contributed by atoms with Crippen molar-refractivity contribution >= 4 is 11.0 Å². The van der Waals surface area contributed by atoms with Crippen molar-refractivity contribution in [3.63, 3.8) is 0 Å². The highest BCUT2D eigenvalue weighted by Crippen LogP contribution is 2.44.